The minimum absolute atomic E-state index is 0.571. The van der Waals surface area contributed by atoms with E-state index in [-0.39, 0.29) is 0 Å². The number of benzene rings is 16. The number of fused-ring (bicyclic) bond motifs is 19. The molecule has 0 saturated carbocycles. The van der Waals surface area contributed by atoms with Crippen molar-refractivity contribution in [3.8, 4) is 84.6 Å². The summed E-state index contributed by atoms with van der Waals surface area (Å²) in [6, 6.07) is 121. The van der Waals surface area contributed by atoms with Gasteiger partial charge in [0.25, 0.3) is 0 Å². The average molecular weight is 1350 g/mol. The molecular formula is C97H56N6O3. The Bertz CT molecular complexity index is 7360. The van der Waals surface area contributed by atoms with Gasteiger partial charge in [-0.2, -0.15) is 0 Å². The summed E-state index contributed by atoms with van der Waals surface area (Å²) in [4.78, 5) is 16.1. The first kappa shape index (κ1) is 58.3. The normalized spacial score (nSPS) is 12.2. The van der Waals surface area contributed by atoms with Crippen molar-refractivity contribution in [1.29, 1.82) is 0 Å². The van der Waals surface area contributed by atoms with Gasteiger partial charge in [-0.15, -0.1) is 0 Å². The van der Waals surface area contributed by atoms with Crippen LogP contribution in [0.2, 0.25) is 0 Å². The number of hydrogen-bond acceptors (Lipinski definition) is 6. The maximum Gasteiger partial charge on any atom is 0.164 e. The molecule has 0 aliphatic heterocycles. The maximum absolute atomic E-state index is 6.35. The van der Waals surface area contributed by atoms with Crippen LogP contribution in [0.5, 0.6) is 0 Å². The summed E-state index contributed by atoms with van der Waals surface area (Å²) in [5.41, 5.74) is 24.5. The van der Waals surface area contributed by atoms with Crippen molar-refractivity contribution in [2.75, 3.05) is 0 Å². The molecule has 9 nitrogen and oxygen atoms in total. The van der Waals surface area contributed by atoms with Crippen LogP contribution in [-0.2, 0) is 0 Å². The first-order valence-electron chi connectivity index (χ1n) is 35.8. The molecule has 0 spiro atoms. The Morgan fingerprint density at radius 1 is 0.170 bits per heavy atom. The van der Waals surface area contributed by atoms with Crippen LogP contribution in [-0.4, -0.2) is 28.7 Å². The van der Waals surface area contributed by atoms with Crippen LogP contribution in [0.15, 0.2) is 353 Å². The van der Waals surface area contributed by atoms with Gasteiger partial charge < -0.3 is 27.0 Å². The zero-order chi connectivity index (χ0) is 69.2. The Kier molecular flexibility index (Phi) is 12.4. The largest absolute Gasteiger partial charge is 0.456 e. The minimum Gasteiger partial charge on any atom is -0.456 e. The third-order valence-corrected chi connectivity index (χ3v) is 21.9. The fourth-order valence-electron chi connectivity index (χ4n) is 16.8. The number of rotatable bonds is 9. The second-order valence-electron chi connectivity index (χ2n) is 27.8. The predicted octanol–water partition coefficient (Wildman–Crippen LogP) is 26.0. The molecule has 0 aliphatic carbocycles. The van der Waals surface area contributed by atoms with Crippen LogP contribution >= 0.6 is 0 Å². The summed E-state index contributed by atoms with van der Waals surface area (Å²) < 4.78 is 26.1. The highest BCUT2D eigenvalue weighted by molar-refractivity contribution is 6.15. The van der Waals surface area contributed by atoms with Crippen molar-refractivity contribution in [2.45, 2.75) is 0 Å². The monoisotopic (exact) mass is 1350 g/mol. The van der Waals surface area contributed by atoms with Crippen molar-refractivity contribution >= 4 is 142 Å². The molecule has 7 aromatic heterocycles. The van der Waals surface area contributed by atoms with Crippen molar-refractivity contribution in [3.05, 3.63) is 340 Å². The van der Waals surface area contributed by atoms with Gasteiger partial charge in [0, 0.05) is 98.4 Å². The highest BCUT2D eigenvalue weighted by atomic mass is 16.3. The number of aromatic nitrogens is 6. The predicted molar refractivity (Wildman–Crippen MR) is 435 cm³/mol. The lowest BCUT2D eigenvalue weighted by molar-refractivity contribution is 0.668. The number of furan rings is 3. The van der Waals surface area contributed by atoms with Gasteiger partial charge in [0.1, 0.15) is 33.5 Å². The highest BCUT2D eigenvalue weighted by Crippen LogP contribution is 2.43. The molecular weight excluding hydrogens is 1300 g/mol. The lowest BCUT2D eigenvalue weighted by Crippen LogP contribution is -2.01. The second kappa shape index (κ2) is 22.5. The molecule has 9 heteroatoms. The lowest BCUT2D eigenvalue weighted by Gasteiger charge is -2.13. The molecule has 0 unspecified atom stereocenters. The Morgan fingerprint density at radius 3 is 0.849 bits per heavy atom. The lowest BCUT2D eigenvalue weighted by atomic mass is 10.0. The smallest absolute Gasteiger partial charge is 0.164 e. The van der Waals surface area contributed by atoms with E-state index in [0.29, 0.717) is 17.5 Å². The zero-order valence-corrected chi connectivity index (χ0v) is 56.7. The molecule has 0 N–H and O–H groups in total. The van der Waals surface area contributed by atoms with Crippen molar-refractivity contribution in [2.24, 2.45) is 0 Å². The van der Waals surface area contributed by atoms with Gasteiger partial charge in [-0.05, 0) is 220 Å². The van der Waals surface area contributed by atoms with Crippen molar-refractivity contribution in [3.63, 3.8) is 0 Å². The summed E-state index contributed by atoms with van der Waals surface area (Å²) in [5.74, 6) is 1.72. The Morgan fingerprint density at radius 2 is 0.443 bits per heavy atom. The molecule has 0 fully saturated rings. The fourth-order valence-corrected chi connectivity index (χ4v) is 16.8. The zero-order valence-electron chi connectivity index (χ0n) is 56.7. The van der Waals surface area contributed by atoms with Crippen LogP contribution in [0, 0.1) is 0 Å². The van der Waals surface area contributed by atoms with Gasteiger partial charge in [0.05, 0.1) is 33.1 Å². The van der Waals surface area contributed by atoms with Gasteiger partial charge in [-0.1, -0.05) is 164 Å². The number of hydrogen-bond donors (Lipinski definition) is 0. The summed E-state index contributed by atoms with van der Waals surface area (Å²) in [5, 5.41) is 16.0. The molecule has 492 valence electrons. The van der Waals surface area contributed by atoms with Gasteiger partial charge in [-0.25, -0.2) is 15.0 Å². The molecule has 0 atom stereocenters. The molecule has 23 rings (SSSR count). The Balaban J connectivity index is 0.617. The van der Waals surface area contributed by atoms with E-state index in [1.807, 2.05) is 36.4 Å². The first-order chi connectivity index (χ1) is 52.5. The molecule has 0 bridgehead atoms. The van der Waals surface area contributed by atoms with E-state index in [2.05, 4.69) is 317 Å². The minimum atomic E-state index is 0.571. The topological polar surface area (TPSA) is 92.9 Å². The maximum atomic E-state index is 6.35. The summed E-state index contributed by atoms with van der Waals surface area (Å²) in [7, 11) is 0. The van der Waals surface area contributed by atoms with E-state index in [4.69, 9.17) is 28.2 Å². The van der Waals surface area contributed by atoms with Crippen LogP contribution in [0.25, 0.3) is 227 Å². The molecule has 0 aliphatic rings. The highest BCUT2D eigenvalue weighted by Gasteiger charge is 2.22. The molecule has 0 amide bonds. The molecule has 23 aromatic rings. The Labute approximate surface area is 604 Å². The Hall–Kier alpha value is -14.4. The number of para-hydroxylation sites is 6. The summed E-state index contributed by atoms with van der Waals surface area (Å²) in [6.07, 6.45) is 0. The fraction of sp³-hybridized carbons (Fsp3) is 0. The van der Waals surface area contributed by atoms with Crippen LogP contribution < -0.4 is 0 Å². The SMILES string of the molecule is c1ccc2c(c1)oc1cc(-c3ccc4c(c3)c3ccccc3n4-c3ccc(-c4nc(-c5ccc(-n6c7ccccc7c7cc(-c8ccc9c(c8)oc8ccccc89)ccc76)cc5)nc(-c5ccc6cc(-n7c8ccccc8c8cc(-c9ccc%10c(c9)oc9ccccc9%10)ccc87)ccc6c5)n4)cc3)ccc12. The van der Waals surface area contributed by atoms with E-state index in [9.17, 15) is 0 Å². The van der Waals surface area contributed by atoms with Crippen LogP contribution in [0.1, 0.15) is 0 Å². The van der Waals surface area contributed by atoms with Crippen molar-refractivity contribution in [1.82, 2.24) is 28.7 Å². The average Bonchev–Trinajstić information content (AvgIpc) is 1.58. The van der Waals surface area contributed by atoms with Gasteiger partial charge in [0.15, 0.2) is 17.5 Å². The van der Waals surface area contributed by atoms with Crippen molar-refractivity contribution < 1.29 is 13.3 Å². The summed E-state index contributed by atoms with van der Waals surface area (Å²) in [6.45, 7) is 0. The first-order valence-corrected chi connectivity index (χ1v) is 35.8. The molecule has 106 heavy (non-hydrogen) atoms. The van der Waals surface area contributed by atoms with E-state index >= 15 is 0 Å². The second-order valence-corrected chi connectivity index (χ2v) is 27.8. The molecule has 7 heterocycles. The van der Waals surface area contributed by atoms with Gasteiger partial charge in [-0.3, -0.25) is 0 Å². The molecule has 16 aromatic carbocycles. The van der Waals surface area contributed by atoms with E-state index in [0.717, 1.165) is 177 Å². The third-order valence-electron chi connectivity index (χ3n) is 21.9. The number of nitrogens with zero attached hydrogens (tertiary/aromatic N) is 6. The third kappa shape index (κ3) is 8.99. The molecule has 0 saturated heterocycles. The van der Waals surface area contributed by atoms with Gasteiger partial charge in [0.2, 0.25) is 0 Å². The van der Waals surface area contributed by atoms with Gasteiger partial charge >= 0.3 is 0 Å². The van der Waals surface area contributed by atoms with E-state index in [1.54, 1.807) is 0 Å². The quantitative estimate of drug-likeness (QED) is 0.143. The molecule has 0 radical (unpaired) electrons. The van der Waals surface area contributed by atoms with E-state index < -0.39 is 0 Å². The summed E-state index contributed by atoms with van der Waals surface area (Å²) >= 11 is 0. The van der Waals surface area contributed by atoms with Crippen LogP contribution in [0.4, 0.5) is 0 Å². The van der Waals surface area contributed by atoms with E-state index in [1.165, 1.54) is 32.3 Å². The van der Waals surface area contributed by atoms with Crippen LogP contribution in [0.3, 0.4) is 0 Å². The standard InChI is InChI=1S/C97H56N6O3/c1-7-19-83-71(13-1)80-51-61(64-32-43-77-74-16-4-10-22-89(74)104-92(77)54-64)35-46-86(80)101(83)68-38-27-57(28-39-68)95-98-96(58-29-40-69(41-30-58)102-84-20-8-2-14-72(84)81-52-62(36-47-87(81)102)65-33-44-78-75-17-5-11-23-90(75)105-93(78)55-65)100-97(99-95)67-26-25-60-50-70(42-31-59(60)49-67)103-85-21-9-3-15-73(85)82-53-63(37-48-88(82)103)66-34-45-79-76-18-6-12-24-91(76)106-94(79)56-66/h1-56H.